The van der Waals surface area contributed by atoms with E-state index in [4.69, 9.17) is 29.4 Å². The van der Waals surface area contributed by atoms with Crippen LogP contribution in [-0.4, -0.2) is 135 Å². The predicted octanol–water partition coefficient (Wildman–Crippen LogP) is 4.27. The van der Waals surface area contributed by atoms with E-state index in [1.807, 2.05) is 50.3 Å². The van der Waals surface area contributed by atoms with Crippen LogP contribution in [0.4, 0.5) is 10.5 Å². The van der Waals surface area contributed by atoms with Crippen molar-refractivity contribution in [2.75, 3.05) is 33.5 Å². The number of Topliss-reactive ketones (excluding diaryl/α,β-unsaturated/α-hetero) is 2. The lowest BCUT2D eigenvalue weighted by Gasteiger charge is -2.46. The second kappa shape index (κ2) is 18.5. The number of nitrogens with two attached hydrogens (primary N) is 1. The van der Waals surface area contributed by atoms with E-state index >= 15 is 0 Å². The summed E-state index contributed by atoms with van der Waals surface area (Å²) in [5.41, 5.74) is 5.47. The summed E-state index contributed by atoms with van der Waals surface area (Å²) in [6, 6.07) is 6.35. The molecule has 1 aromatic heterocycles. The first-order chi connectivity index (χ1) is 27.3. The van der Waals surface area contributed by atoms with Crippen LogP contribution in [0.2, 0.25) is 0 Å². The molecule has 16 heteroatoms. The van der Waals surface area contributed by atoms with Crippen LogP contribution in [-0.2, 0) is 44.6 Å². The molecule has 1 amide bonds. The number of ketones is 2. The van der Waals surface area contributed by atoms with E-state index in [0.29, 0.717) is 37.2 Å². The molecule has 0 saturated carbocycles. The number of anilines is 1. The monoisotopic (exact) mass is 812 g/mol. The van der Waals surface area contributed by atoms with Crippen molar-refractivity contribution in [3.8, 4) is 11.3 Å². The summed E-state index contributed by atoms with van der Waals surface area (Å²) >= 11 is 0. The standard InChI is InChI=1S/C42H64N6O10/c1-11-34-42(7)33(48(40(53)58-42)18-13-12-17-47-23-30(44-45-47)28-15-14-16-29(43)20-28)21-32(49)24(2)22-41(6,54-10)37(26(4)35(50)27(5)38(52)56-34)57-39-36(51)31(46(8)9)19-25(3)55-39/h14-16,20,23-27,31,33-34,36-37,39,51H,11-13,17-19,21-22,43H2,1-10H3/t24-,25-,26+,27-,31?,33-,34-,36?,37-,39+,41-,42+/m1/s1. The van der Waals surface area contributed by atoms with Crippen molar-refractivity contribution in [2.24, 2.45) is 17.8 Å². The molecule has 2 unspecified atom stereocenters. The average Bonchev–Trinajstić information content (AvgIpc) is 3.75. The molecule has 0 spiro atoms. The number of hydrogen-bond acceptors (Lipinski definition) is 14. The van der Waals surface area contributed by atoms with Gasteiger partial charge in [0.05, 0.1) is 30.0 Å². The van der Waals surface area contributed by atoms with E-state index in [9.17, 15) is 24.3 Å². The van der Waals surface area contributed by atoms with Gasteiger partial charge in [-0.3, -0.25) is 19.1 Å². The summed E-state index contributed by atoms with van der Waals surface area (Å²) in [6.45, 7) is 12.9. The maximum absolute atomic E-state index is 14.4. The zero-order valence-corrected chi connectivity index (χ0v) is 35.8. The summed E-state index contributed by atoms with van der Waals surface area (Å²) in [5.74, 6) is -4.22. The summed E-state index contributed by atoms with van der Waals surface area (Å²) in [5, 5.41) is 19.9. The second-order valence-corrected chi connectivity index (χ2v) is 17.1. The number of fused-ring (bicyclic) bond motifs is 1. The van der Waals surface area contributed by atoms with Gasteiger partial charge in [-0.2, -0.15) is 0 Å². The maximum atomic E-state index is 14.4. The number of nitrogens with zero attached hydrogens (tertiary/aromatic N) is 5. The van der Waals surface area contributed by atoms with Gasteiger partial charge in [0.25, 0.3) is 0 Å². The fourth-order valence-electron chi connectivity index (χ4n) is 8.91. The minimum Gasteiger partial charge on any atom is -0.458 e. The van der Waals surface area contributed by atoms with E-state index in [1.54, 1.807) is 50.3 Å². The quantitative estimate of drug-likeness (QED) is 0.141. The highest BCUT2D eigenvalue weighted by Gasteiger charge is 2.58. The van der Waals surface area contributed by atoms with E-state index < -0.39 is 77.4 Å². The lowest BCUT2D eigenvalue weighted by molar-refractivity contribution is -0.295. The van der Waals surface area contributed by atoms with Crippen LogP contribution in [0.25, 0.3) is 11.3 Å². The Morgan fingerprint density at radius 3 is 2.43 bits per heavy atom. The van der Waals surface area contributed by atoms with E-state index in [-0.39, 0.29) is 43.7 Å². The number of esters is 1. The molecule has 3 fully saturated rings. The number of carbonyl (C=O) groups excluding carboxylic acids is 4. The van der Waals surface area contributed by atoms with Crippen molar-refractivity contribution in [1.82, 2.24) is 24.8 Å². The molecular formula is C42H64N6O10. The summed E-state index contributed by atoms with van der Waals surface area (Å²) in [7, 11) is 5.22. The van der Waals surface area contributed by atoms with Crippen LogP contribution >= 0.6 is 0 Å². The molecule has 12 atom stereocenters. The number of aryl methyl sites for hydroxylation is 1. The van der Waals surface area contributed by atoms with Crippen molar-refractivity contribution in [3.63, 3.8) is 0 Å². The molecule has 322 valence electrons. The van der Waals surface area contributed by atoms with Gasteiger partial charge in [-0.05, 0) is 86.0 Å². The van der Waals surface area contributed by atoms with Crippen LogP contribution in [0.3, 0.4) is 0 Å². The first-order valence-electron chi connectivity index (χ1n) is 20.6. The van der Waals surface area contributed by atoms with Gasteiger partial charge in [-0.1, -0.05) is 38.1 Å². The Bertz CT molecular complexity index is 1770. The van der Waals surface area contributed by atoms with Crippen molar-refractivity contribution in [3.05, 3.63) is 30.5 Å². The zero-order chi connectivity index (χ0) is 42.7. The maximum Gasteiger partial charge on any atom is 0.410 e. The topological polar surface area (TPSA) is 198 Å². The summed E-state index contributed by atoms with van der Waals surface area (Å²) in [4.78, 5) is 59.7. The van der Waals surface area contributed by atoms with Crippen LogP contribution in [0.15, 0.2) is 30.5 Å². The van der Waals surface area contributed by atoms with Crippen molar-refractivity contribution >= 4 is 29.3 Å². The van der Waals surface area contributed by atoms with Gasteiger partial charge in [0.2, 0.25) is 0 Å². The van der Waals surface area contributed by atoms with Crippen LogP contribution in [0.5, 0.6) is 0 Å². The Kier molecular flexibility index (Phi) is 14.4. The van der Waals surface area contributed by atoms with Crippen LogP contribution in [0, 0.1) is 17.8 Å². The molecule has 0 radical (unpaired) electrons. The Morgan fingerprint density at radius 1 is 1.07 bits per heavy atom. The Morgan fingerprint density at radius 2 is 1.78 bits per heavy atom. The van der Waals surface area contributed by atoms with Crippen molar-refractivity contribution in [2.45, 2.75) is 148 Å². The number of aromatic nitrogens is 3. The Labute approximate surface area is 342 Å². The van der Waals surface area contributed by atoms with Crippen LogP contribution < -0.4 is 5.73 Å². The molecule has 16 nitrogen and oxygen atoms in total. The van der Waals surface area contributed by atoms with Gasteiger partial charge >= 0.3 is 12.1 Å². The number of benzene rings is 1. The highest BCUT2D eigenvalue weighted by Crippen LogP contribution is 2.41. The number of aliphatic hydroxyl groups is 1. The molecule has 4 heterocycles. The van der Waals surface area contributed by atoms with Gasteiger partial charge in [-0.25, -0.2) is 4.79 Å². The second-order valence-electron chi connectivity index (χ2n) is 17.1. The highest BCUT2D eigenvalue weighted by molar-refractivity contribution is 6.00. The minimum absolute atomic E-state index is 0.0774. The summed E-state index contributed by atoms with van der Waals surface area (Å²) < 4.78 is 32.7. The first kappa shape index (κ1) is 45.1. The predicted molar refractivity (Wildman–Crippen MR) is 214 cm³/mol. The molecule has 58 heavy (non-hydrogen) atoms. The van der Waals surface area contributed by atoms with E-state index in [1.165, 1.54) is 14.0 Å². The smallest absolute Gasteiger partial charge is 0.410 e. The third-order valence-corrected chi connectivity index (χ3v) is 12.6. The van der Waals surface area contributed by atoms with E-state index in [0.717, 1.165) is 5.56 Å². The highest BCUT2D eigenvalue weighted by atomic mass is 16.7. The Hall–Kier alpha value is -3.96. The average molecular weight is 813 g/mol. The number of methoxy groups -OCH3 is 1. The van der Waals surface area contributed by atoms with Crippen LogP contribution in [0.1, 0.15) is 87.0 Å². The number of ether oxygens (including phenoxy) is 5. The van der Waals surface area contributed by atoms with Crippen molar-refractivity contribution in [1.29, 1.82) is 0 Å². The lowest BCUT2D eigenvalue weighted by Crippen LogP contribution is -2.59. The molecule has 3 aliphatic heterocycles. The van der Waals surface area contributed by atoms with Gasteiger partial charge in [0.15, 0.2) is 17.7 Å². The molecule has 5 rings (SSSR count). The number of cyclic esters (lactones) is 1. The summed E-state index contributed by atoms with van der Waals surface area (Å²) in [6.07, 6.45) is -1.12. The molecule has 3 N–H and O–H groups in total. The third kappa shape index (κ3) is 9.57. The fourth-order valence-corrected chi connectivity index (χ4v) is 8.91. The van der Waals surface area contributed by atoms with Gasteiger partial charge in [0.1, 0.15) is 29.6 Å². The number of carbonyl (C=O) groups is 4. The zero-order valence-electron chi connectivity index (χ0n) is 35.8. The van der Waals surface area contributed by atoms with E-state index in [2.05, 4.69) is 10.3 Å². The largest absolute Gasteiger partial charge is 0.458 e. The number of amides is 1. The molecule has 0 bridgehead atoms. The number of likely N-dealkylation sites (N-methyl/N-ethyl adjacent to an activating group) is 1. The van der Waals surface area contributed by atoms with Crippen molar-refractivity contribution < 1.29 is 48.0 Å². The molecule has 1 aromatic carbocycles. The minimum atomic E-state index is -1.39. The first-order valence-corrected chi connectivity index (χ1v) is 20.6. The molecule has 0 aliphatic carbocycles. The Balaban J connectivity index is 1.40. The van der Waals surface area contributed by atoms with Gasteiger partial charge in [0, 0.05) is 55.7 Å². The normalized spacial score (nSPS) is 35.4. The third-order valence-electron chi connectivity index (χ3n) is 12.6. The molecular weight excluding hydrogens is 748 g/mol. The lowest BCUT2D eigenvalue weighted by atomic mass is 9.76. The van der Waals surface area contributed by atoms with Gasteiger partial charge < -0.3 is 44.3 Å². The number of rotatable bonds is 11. The number of aliphatic hydroxyl groups excluding tert-OH is 1. The van der Waals surface area contributed by atoms with Gasteiger partial charge in [-0.15, -0.1) is 5.10 Å². The SMILES string of the molecule is CC[C@H]1OC(=O)[C@H](C)C(=O)[C@H](C)[C@@H](O[C@@H]2O[C@H](C)CC(N(C)C)C2O)[C@](C)(OC)C[C@@H](C)C(=O)C[C@H]2N(CCCCn3cc(-c4cccc(N)c4)nn3)C(=O)O[C@]12C. The number of unbranched alkanes of at least 4 members (excludes halogenated alkanes) is 1. The number of hydrogen-bond donors (Lipinski definition) is 2. The fraction of sp³-hybridized carbons (Fsp3) is 0.714. The molecule has 2 aromatic rings. The molecule has 3 aliphatic rings. The molecule has 3 saturated heterocycles. The number of nitrogen functional groups attached to an aromatic ring is 1.